The van der Waals surface area contributed by atoms with Crippen molar-refractivity contribution < 1.29 is 14.5 Å². The minimum atomic E-state index is -0.452. The predicted octanol–water partition coefficient (Wildman–Crippen LogP) is 2.48. The first-order valence-corrected chi connectivity index (χ1v) is 7.62. The first-order chi connectivity index (χ1) is 11.5. The van der Waals surface area contributed by atoms with E-state index in [4.69, 9.17) is 4.74 Å². The van der Waals surface area contributed by atoms with Gasteiger partial charge in [-0.2, -0.15) is 0 Å². The summed E-state index contributed by atoms with van der Waals surface area (Å²) < 4.78 is 5.32. The predicted molar refractivity (Wildman–Crippen MR) is 87.6 cm³/mol. The lowest BCUT2D eigenvalue weighted by Gasteiger charge is -2.38. The Balaban J connectivity index is 1.52. The number of benzene rings is 1. The van der Waals surface area contributed by atoms with Gasteiger partial charge in [-0.15, -0.1) is 0 Å². The van der Waals surface area contributed by atoms with Gasteiger partial charge in [0.2, 0.25) is 0 Å². The Morgan fingerprint density at radius 1 is 1.29 bits per heavy atom. The van der Waals surface area contributed by atoms with Crippen LogP contribution in [-0.2, 0) is 16.1 Å². The highest BCUT2D eigenvalue weighted by molar-refractivity contribution is 5.76. The number of aryl methyl sites for hydroxylation is 1. The van der Waals surface area contributed by atoms with Crippen LogP contribution in [0.5, 0.6) is 0 Å². The van der Waals surface area contributed by atoms with Gasteiger partial charge in [0.25, 0.3) is 5.69 Å². The van der Waals surface area contributed by atoms with Gasteiger partial charge in [0.15, 0.2) is 0 Å². The minimum Gasteiger partial charge on any atom is -0.460 e. The molecule has 1 aliphatic heterocycles. The van der Waals surface area contributed by atoms with Crippen LogP contribution in [0.15, 0.2) is 42.5 Å². The third kappa shape index (κ3) is 3.34. The third-order valence-electron chi connectivity index (χ3n) is 4.00. The van der Waals surface area contributed by atoms with E-state index in [-0.39, 0.29) is 24.2 Å². The number of hydrogen-bond donors (Lipinski definition) is 0. The molecule has 3 rings (SSSR count). The summed E-state index contributed by atoms with van der Waals surface area (Å²) in [7, 11) is 0. The highest BCUT2D eigenvalue weighted by Crippen LogP contribution is 2.27. The molecule has 7 nitrogen and oxygen atoms in total. The van der Waals surface area contributed by atoms with Crippen LogP contribution < -0.4 is 4.90 Å². The van der Waals surface area contributed by atoms with Crippen LogP contribution in [0.4, 0.5) is 11.5 Å². The Morgan fingerprint density at radius 2 is 2.00 bits per heavy atom. The van der Waals surface area contributed by atoms with E-state index < -0.39 is 4.92 Å². The van der Waals surface area contributed by atoms with E-state index >= 15 is 0 Å². The van der Waals surface area contributed by atoms with Crippen molar-refractivity contribution in [3.8, 4) is 0 Å². The standard InChI is InChI=1S/C17H17N3O4/c1-12-15(20(22)23)7-8-16(18-12)19-9-14(10-19)17(21)24-11-13-5-3-2-4-6-13/h2-8,14H,9-11H2,1H3. The van der Waals surface area contributed by atoms with E-state index in [2.05, 4.69) is 4.98 Å². The summed E-state index contributed by atoms with van der Waals surface area (Å²) in [6.07, 6.45) is 0. The Morgan fingerprint density at radius 3 is 2.62 bits per heavy atom. The van der Waals surface area contributed by atoms with Gasteiger partial charge in [-0.05, 0) is 18.6 Å². The summed E-state index contributed by atoms with van der Waals surface area (Å²) in [5.74, 6) is 0.227. The Bertz CT molecular complexity index is 758. The zero-order valence-electron chi connectivity index (χ0n) is 13.2. The quantitative estimate of drug-likeness (QED) is 0.476. The average molecular weight is 327 g/mol. The molecule has 0 unspecified atom stereocenters. The Hall–Kier alpha value is -2.96. The molecule has 124 valence electrons. The molecular weight excluding hydrogens is 310 g/mol. The molecule has 0 saturated carbocycles. The molecule has 7 heteroatoms. The fraction of sp³-hybridized carbons (Fsp3) is 0.294. The number of pyridine rings is 1. The molecule has 2 heterocycles. The molecule has 0 N–H and O–H groups in total. The van der Waals surface area contributed by atoms with Gasteiger partial charge < -0.3 is 9.64 Å². The molecule has 2 aromatic rings. The number of carbonyl (C=O) groups is 1. The van der Waals surface area contributed by atoms with Gasteiger partial charge in [-0.25, -0.2) is 4.98 Å². The average Bonchev–Trinajstić information content (AvgIpc) is 2.52. The molecule has 24 heavy (non-hydrogen) atoms. The maximum absolute atomic E-state index is 12.0. The number of ether oxygens (including phenoxy) is 1. The third-order valence-corrected chi connectivity index (χ3v) is 4.00. The minimum absolute atomic E-state index is 0.00176. The zero-order chi connectivity index (χ0) is 17.1. The van der Waals surface area contributed by atoms with Crippen molar-refractivity contribution in [2.45, 2.75) is 13.5 Å². The van der Waals surface area contributed by atoms with Crippen LogP contribution in [0.1, 0.15) is 11.3 Å². The lowest BCUT2D eigenvalue weighted by atomic mass is 10.0. The second-order valence-corrected chi connectivity index (χ2v) is 5.73. The maximum atomic E-state index is 12.0. The second kappa shape index (κ2) is 6.66. The number of esters is 1. The van der Waals surface area contributed by atoms with Crippen molar-refractivity contribution in [3.05, 3.63) is 63.8 Å². The van der Waals surface area contributed by atoms with Crippen LogP contribution in [0, 0.1) is 23.0 Å². The molecule has 0 aliphatic carbocycles. The largest absolute Gasteiger partial charge is 0.460 e. The zero-order valence-corrected chi connectivity index (χ0v) is 13.2. The normalized spacial score (nSPS) is 14.1. The van der Waals surface area contributed by atoms with Gasteiger partial charge in [0.05, 0.1) is 10.8 Å². The van der Waals surface area contributed by atoms with E-state index in [0.29, 0.717) is 24.6 Å². The summed E-state index contributed by atoms with van der Waals surface area (Å²) in [5.41, 5.74) is 1.32. The lowest BCUT2D eigenvalue weighted by molar-refractivity contribution is -0.385. The Kier molecular flexibility index (Phi) is 4.41. The monoisotopic (exact) mass is 327 g/mol. The number of hydrogen-bond acceptors (Lipinski definition) is 6. The Labute approximate surface area is 139 Å². The summed E-state index contributed by atoms with van der Waals surface area (Å²) in [6.45, 7) is 2.90. The number of nitro groups is 1. The molecule has 0 bridgehead atoms. The van der Waals surface area contributed by atoms with Crippen LogP contribution >= 0.6 is 0 Å². The molecule has 1 aromatic heterocycles. The molecule has 1 aromatic carbocycles. The van der Waals surface area contributed by atoms with Crippen LogP contribution in [0.2, 0.25) is 0 Å². The number of nitrogens with zero attached hydrogens (tertiary/aromatic N) is 3. The van der Waals surface area contributed by atoms with E-state index in [0.717, 1.165) is 5.56 Å². The highest BCUT2D eigenvalue weighted by Gasteiger charge is 2.35. The summed E-state index contributed by atoms with van der Waals surface area (Å²) in [6, 6.07) is 12.6. The second-order valence-electron chi connectivity index (χ2n) is 5.73. The number of rotatable bonds is 5. The molecular formula is C17H17N3O4. The summed E-state index contributed by atoms with van der Waals surface area (Å²) in [5, 5.41) is 10.8. The topological polar surface area (TPSA) is 85.6 Å². The van der Waals surface area contributed by atoms with E-state index in [9.17, 15) is 14.9 Å². The smallest absolute Gasteiger partial charge is 0.312 e. The number of aromatic nitrogens is 1. The first-order valence-electron chi connectivity index (χ1n) is 7.62. The van der Waals surface area contributed by atoms with Crippen LogP contribution in [0.25, 0.3) is 0 Å². The van der Waals surface area contributed by atoms with E-state index in [1.165, 1.54) is 6.07 Å². The van der Waals surface area contributed by atoms with Gasteiger partial charge in [-0.3, -0.25) is 14.9 Å². The van der Waals surface area contributed by atoms with Crippen molar-refractivity contribution in [2.75, 3.05) is 18.0 Å². The number of carbonyl (C=O) groups excluding carboxylic acids is 1. The molecule has 0 amide bonds. The van der Waals surface area contributed by atoms with Crippen molar-refractivity contribution in [2.24, 2.45) is 5.92 Å². The van der Waals surface area contributed by atoms with Crippen LogP contribution in [-0.4, -0.2) is 29.0 Å². The van der Waals surface area contributed by atoms with Crippen molar-refractivity contribution in [1.29, 1.82) is 0 Å². The molecule has 0 spiro atoms. The van der Waals surface area contributed by atoms with Gasteiger partial charge >= 0.3 is 5.97 Å². The van der Waals surface area contributed by atoms with E-state index in [1.807, 2.05) is 35.2 Å². The fourth-order valence-corrected chi connectivity index (χ4v) is 2.57. The number of anilines is 1. The van der Waals surface area contributed by atoms with Gasteiger partial charge in [0.1, 0.15) is 18.1 Å². The molecule has 1 saturated heterocycles. The van der Waals surface area contributed by atoms with Gasteiger partial charge in [-0.1, -0.05) is 30.3 Å². The van der Waals surface area contributed by atoms with Crippen LogP contribution in [0.3, 0.4) is 0 Å². The van der Waals surface area contributed by atoms with Crippen molar-refractivity contribution in [3.63, 3.8) is 0 Å². The van der Waals surface area contributed by atoms with Gasteiger partial charge in [0, 0.05) is 19.2 Å². The van der Waals surface area contributed by atoms with Crippen molar-refractivity contribution in [1.82, 2.24) is 4.98 Å². The van der Waals surface area contributed by atoms with Crippen molar-refractivity contribution >= 4 is 17.5 Å². The highest BCUT2D eigenvalue weighted by atomic mass is 16.6. The summed E-state index contributed by atoms with van der Waals surface area (Å²) >= 11 is 0. The first kappa shape index (κ1) is 15.9. The summed E-state index contributed by atoms with van der Waals surface area (Å²) in [4.78, 5) is 28.5. The molecule has 0 atom stereocenters. The molecule has 0 radical (unpaired) electrons. The molecule has 1 fully saturated rings. The lowest BCUT2D eigenvalue weighted by Crippen LogP contribution is -2.51. The SMILES string of the molecule is Cc1nc(N2CC(C(=O)OCc3ccccc3)C2)ccc1[N+](=O)[O-]. The fourth-order valence-electron chi connectivity index (χ4n) is 2.57. The maximum Gasteiger partial charge on any atom is 0.312 e. The van der Waals surface area contributed by atoms with E-state index in [1.54, 1.807) is 13.0 Å². The molecule has 1 aliphatic rings.